The molecule has 2 rings (SSSR count). The van der Waals surface area contributed by atoms with Gasteiger partial charge in [-0.05, 0) is 54.0 Å². The Hall–Kier alpha value is -3.46. The van der Waals surface area contributed by atoms with Crippen molar-refractivity contribution in [2.45, 2.75) is 65.5 Å². The summed E-state index contributed by atoms with van der Waals surface area (Å²) >= 11 is 0. The number of carbonyl (C=O) groups excluding carboxylic acids is 4. The molecule has 2 aromatic carbocycles. The van der Waals surface area contributed by atoms with E-state index in [4.69, 9.17) is 10.9 Å². The Balaban J connectivity index is 2.51. The molecule has 36 heavy (non-hydrogen) atoms. The average Bonchev–Trinajstić information content (AvgIpc) is 2.81. The average molecular weight is 499 g/mol. The van der Waals surface area contributed by atoms with Crippen molar-refractivity contribution in [2.75, 3.05) is 0 Å². The van der Waals surface area contributed by atoms with Crippen molar-refractivity contribution in [1.29, 1.82) is 0 Å². The second-order valence-electron chi connectivity index (χ2n) is 10.3. The molecule has 0 heterocycles. The van der Waals surface area contributed by atoms with E-state index >= 15 is 0 Å². The molecule has 9 heteroatoms. The van der Waals surface area contributed by atoms with Crippen LogP contribution in [0.2, 0.25) is 0 Å². The van der Waals surface area contributed by atoms with E-state index in [1.54, 1.807) is 18.5 Å². The van der Waals surface area contributed by atoms with Crippen LogP contribution in [0.15, 0.2) is 42.5 Å². The van der Waals surface area contributed by atoms with Crippen LogP contribution in [0.1, 0.15) is 59.4 Å². The van der Waals surface area contributed by atoms with E-state index in [0.717, 1.165) is 10.8 Å². The third-order valence-corrected chi connectivity index (χ3v) is 6.19. The van der Waals surface area contributed by atoms with E-state index in [-0.39, 0.29) is 18.3 Å². The molecular weight excluding hydrogens is 460 g/mol. The van der Waals surface area contributed by atoms with Gasteiger partial charge in [0, 0.05) is 12.3 Å². The van der Waals surface area contributed by atoms with Gasteiger partial charge >= 0.3 is 0 Å². The van der Waals surface area contributed by atoms with Gasteiger partial charge in [-0.25, -0.2) is 5.48 Å². The highest BCUT2D eigenvalue weighted by molar-refractivity contribution is 5.97. The van der Waals surface area contributed by atoms with Crippen molar-refractivity contribution in [3.63, 3.8) is 0 Å². The fraction of sp³-hybridized carbons (Fsp3) is 0.481. The lowest BCUT2D eigenvalue weighted by atomic mass is 9.86. The van der Waals surface area contributed by atoms with Crippen LogP contribution in [0, 0.1) is 17.8 Å². The first kappa shape index (κ1) is 28.8. The van der Waals surface area contributed by atoms with Crippen LogP contribution in [0.4, 0.5) is 0 Å². The fourth-order valence-corrected chi connectivity index (χ4v) is 4.25. The minimum atomic E-state index is -1.57. The number of rotatable bonds is 12. The normalized spacial score (nSPS) is 14.7. The van der Waals surface area contributed by atoms with E-state index < -0.39 is 41.1 Å². The Bertz CT molecular complexity index is 1100. The second kappa shape index (κ2) is 12.5. The Morgan fingerprint density at radius 3 is 2.11 bits per heavy atom. The first-order valence-corrected chi connectivity index (χ1v) is 12.2. The van der Waals surface area contributed by atoms with Crippen LogP contribution in [0.5, 0.6) is 0 Å². The van der Waals surface area contributed by atoms with Gasteiger partial charge in [0.2, 0.25) is 17.7 Å². The Kier molecular flexibility index (Phi) is 9.98. The number of amides is 4. The minimum absolute atomic E-state index is 0.0817. The van der Waals surface area contributed by atoms with Gasteiger partial charge in [-0.15, -0.1) is 0 Å². The van der Waals surface area contributed by atoms with Crippen LogP contribution in [0.3, 0.4) is 0 Å². The molecular formula is C27H38N4O5. The van der Waals surface area contributed by atoms with Crippen molar-refractivity contribution >= 4 is 34.4 Å². The lowest BCUT2D eigenvalue weighted by Gasteiger charge is -2.33. The van der Waals surface area contributed by atoms with Gasteiger partial charge in [0.15, 0.2) is 0 Å². The van der Waals surface area contributed by atoms with Gasteiger partial charge in [-0.2, -0.15) is 0 Å². The zero-order valence-corrected chi connectivity index (χ0v) is 21.6. The molecule has 0 saturated carbocycles. The number of primary amides is 1. The summed E-state index contributed by atoms with van der Waals surface area (Å²) in [6.45, 7) is 9.21. The number of nitrogens with two attached hydrogens (primary N) is 1. The summed E-state index contributed by atoms with van der Waals surface area (Å²) in [5.74, 6) is -3.08. The minimum Gasteiger partial charge on any atom is -0.368 e. The van der Waals surface area contributed by atoms with Crippen molar-refractivity contribution in [3.8, 4) is 0 Å². The fourth-order valence-electron chi connectivity index (χ4n) is 4.25. The third kappa shape index (κ3) is 7.52. The monoisotopic (exact) mass is 498 g/mol. The van der Waals surface area contributed by atoms with Crippen LogP contribution >= 0.6 is 0 Å². The number of hydrogen-bond donors (Lipinski definition) is 5. The molecule has 0 aliphatic carbocycles. The maximum Gasteiger partial charge on any atom is 0.250 e. The molecule has 0 aliphatic rings. The van der Waals surface area contributed by atoms with Gasteiger partial charge < -0.3 is 16.4 Å². The molecule has 196 valence electrons. The standard InChI is InChI=1S/C27H38N4O5/c1-16(2)12-20(15-23(32)31-36)25(34)30-27(5,26(35)29-22(24(28)33)13-17(3)4)21-11-10-18-8-6-7-9-19(18)14-21/h6-11,14,16-17,20,22,36H,12-13,15H2,1-5H3,(H2,28,33)(H,29,35)(H,30,34)(H,31,32)/t20-,22+,27+/m1/s1. The van der Waals surface area contributed by atoms with Crippen molar-refractivity contribution in [1.82, 2.24) is 16.1 Å². The third-order valence-electron chi connectivity index (χ3n) is 6.19. The highest BCUT2D eigenvalue weighted by atomic mass is 16.5. The van der Waals surface area contributed by atoms with E-state index in [1.807, 2.05) is 64.1 Å². The lowest BCUT2D eigenvalue weighted by molar-refractivity contribution is -0.139. The largest absolute Gasteiger partial charge is 0.368 e. The lowest BCUT2D eigenvalue weighted by Crippen LogP contribution is -2.59. The zero-order valence-electron chi connectivity index (χ0n) is 21.6. The molecule has 0 aliphatic heterocycles. The van der Waals surface area contributed by atoms with Crippen LogP contribution in [-0.2, 0) is 24.7 Å². The van der Waals surface area contributed by atoms with Crippen LogP contribution < -0.4 is 21.8 Å². The molecule has 4 amide bonds. The van der Waals surface area contributed by atoms with Crippen LogP contribution in [-0.4, -0.2) is 34.9 Å². The molecule has 0 radical (unpaired) electrons. The van der Waals surface area contributed by atoms with Crippen molar-refractivity contribution < 1.29 is 24.4 Å². The Morgan fingerprint density at radius 1 is 0.944 bits per heavy atom. The number of nitrogens with one attached hydrogen (secondary N) is 3. The smallest absolute Gasteiger partial charge is 0.250 e. The van der Waals surface area contributed by atoms with Crippen molar-refractivity contribution in [2.24, 2.45) is 23.5 Å². The van der Waals surface area contributed by atoms with Gasteiger partial charge in [-0.3, -0.25) is 24.4 Å². The molecule has 0 saturated heterocycles. The van der Waals surface area contributed by atoms with E-state index in [9.17, 15) is 19.2 Å². The number of hydrogen-bond acceptors (Lipinski definition) is 5. The molecule has 2 aromatic rings. The summed E-state index contributed by atoms with van der Waals surface area (Å²) < 4.78 is 0. The molecule has 6 N–H and O–H groups in total. The summed E-state index contributed by atoms with van der Waals surface area (Å²) in [5, 5.41) is 16.4. The Morgan fingerprint density at radius 2 is 1.56 bits per heavy atom. The van der Waals surface area contributed by atoms with Gasteiger partial charge in [0.05, 0.1) is 0 Å². The summed E-state index contributed by atoms with van der Waals surface area (Å²) in [6.07, 6.45) is 0.467. The first-order valence-electron chi connectivity index (χ1n) is 12.2. The molecule has 0 unspecified atom stereocenters. The van der Waals surface area contributed by atoms with Crippen molar-refractivity contribution in [3.05, 3.63) is 48.0 Å². The summed E-state index contributed by atoms with van der Waals surface area (Å²) in [6, 6.07) is 12.1. The number of benzene rings is 2. The molecule has 9 nitrogen and oxygen atoms in total. The second-order valence-corrected chi connectivity index (χ2v) is 10.3. The maximum atomic E-state index is 13.7. The van der Waals surface area contributed by atoms with E-state index in [2.05, 4.69) is 10.6 Å². The summed E-state index contributed by atoms with van der Waals surface area (Å²) in [4.78, 5) is 51.1. The van der Waals surface area contributed by atoms with Gasteiger partial charge in [0.1, 0.15) is 11.6 Å². The topological polar surface area (TPSA) is 151 Å². The number of carbonyl (C=O) groups is 4. The zero-order chi connectivity index (χ0) is 27.0. The maximum absolute atomic E-state index is 13.7. The Labute approximate surface area is 212 Å². The molecule has 3 atom stereocenters. The highest BCUT2D eigenvalue weighted by Crippen LogP contribution is 2.28. The van der Waals surface area contributed by atoms with Crippen LogP contribution in [0.25, 0.3) is 10.8 Å². The quantitative estimate of drug-likeness (QED) is 0.225. The number of fused-ring (bicyclic) bond motifs is 1. The van der Waals surface area contributed by atoms with Gasteiger partial charge in [0.25, 0.3) is 5.91 Å². The molecule has 0 spiro atoms. The number of hydroxylamine groups is 1. The molecule has 0 fully saturated rings. The summed E-state index contributed by atoms with van der Waals surface area (Å²) in [7, 11) is 0. The van der Waals surface area contributed by atoms with E-state index in [1.165, 1.54) is 0 Å². The predicted molar refractivity (Wildman–Crippen MR) is 138 cm³/mol. The molecule has 0 bridgehead atoms. The predicted octanol–water partition coefficient (Wildman–Crippen LogP) is 2.75. The SMILES string of the molecule is CC(C)C[C@H](CC(=O)NO)C(=O)N[C@](C)(C(=O)N[C@@H](CC(C)C)C(N)=O)c1ccc2ccccc2c1. The van der Waals surface area contributed by atoms with E-state index in [0.29, 0.717) is 18.4 Å². The first-order chi connectivity index (χ1) is 16.9. The highest BCUT2D eigenvalue weighted by Gasteiger charge is 2.40. The summed E-state index contributed by atoms with van der Waals surface area (Å²) in [5.41, 5.74) is 6.06. The molecule has 0 aromatic heterocycles. The van der Waals surface area contributed by atoms with Gasteiger partial charge in [-0.1, -0.05) is 64.1 Å².